The zero-order valence-electron chi connectivity index (χ0n) is 11.3. The van der Waals surface area contributed by atoms with Crippen LogP contribution in [0.4, 0.5) is 0 Å². The summed E-state index contributed by atoms with van der Waals surface area (Å²) in [4.78, 5) is 1.33. The molecule has 0 saturated carbocycles. The van der Waals surface area contributed by atoms with Crippen molar-refractivity contribution in [3.05, 3.63) is 28.2 Å². The van der Waals surface area contributed by atoms with E-state index in [9.17, 15) is 0 Å². The molecule has 18 heavy (non-hydrogen) atoms. The van der Waals surface area contributed by atoms with Crippen molar-refractivity contribution in [2.75, 3.05) is 20.3 Å². The van der Waals surface area contributed by atoms with Crippen molar-refractivity contribution in [2.24, 2.45) is 0 Å². The quantitative estimate of drug-likeness (QED) is 0.573. The largest absolute Gasteiger partial charge is 0.383 e. The SMILES string of the molecule is CCC(C)Sc1ccc(CNCCOC)c(Br)c1. The lowest BCUT2D eigenvalue weighted by atomic mass is 10.2. The second-order valence-electron chi connectivity index (χ2n) is 4.26. The predicted octanol–water partition coefficient (Wildman–Crippen LogP) is 4.08. The average molecular weight is 332 g/mol. The Hall–Kier alpha value is -0.0300. The molecule has 1 N–H and O–H groups in total. The highest BCUT2D eigenvalue weighted by molar-refractivity contribution is 9.10. The van der Waals surface area contributed by atoms with E-state index in [0.717, 1.165) is 19.7 Å². The minimum absolute atomic E-state index is 0.669. The summed E-state index contributed by atoms with van der Waals surface area (Å²) in [5.41, 5.74) is 1.29. The van der Waals surface area contributed by atoms with E-state index in [0.29, 0.717) is 5.25 Å². The number of thioether (sulfide) groups is 1. The molecule has 1 aromatic rings. The molecule has 1 rings (SSSR count). The molecule has 0 bridgehead atoms. The maximum absolute atomic E-state index is 5.01. The molecule has 0 aromatic heterocycles. The first kappa shape index (κ1) is 16.0. The van der Waals surface area contributed by atoms with E-state index in [1.165, 1.54) is 21.4 Å². The highest BCUT2D eigenvalue weighted by atomic mass is 79.9. The van der Waals surface area contributed by atoms with Crippen molar-refractivity contribution < 1.29 is 4.74 Å². The van der Waals surface area contributed by atoms with Crippen LogP contribution >= 0.6 is 27.7 Å². The molecule has 4 heteroatoms. The van der Waals surface area contributed by atoms with Crippen molar-refractivity contribution in [3.8, 4) is 0 Å². The fraction of sp³-hybridized carbons (Fsp3) is 0.571. The molecule has 0 heterocycles. The summed E-state index contributed by atoms with van der Waals surface area (Å²) in [5, 5.41) is 4.02. The second-order valence-corrected chi connectivity index (χ2v) is 6.63. The van der Waals surface area contributed by atoms with E-state index >= 15 is 0 Å². The number of methoxy groups -OCH3 is 1. The summed E-state index contributed by atoms with van der Waals surface area (Å²) in [6, 6.07) is 6.60. The molecule has 102 valence electrons. The number of nitrogens with one attached hydrogen (secondary N) is 1. The molecule has 0 saturated heterocycles. The fourth-order valence-electron chi connectivity index (χ4n) is 1.46. The lowest BCUT2D eigenvalue weighted by Crippen LogP contribution is -2.18. The van der Waals surface area contributed by atoms with Gasteiger partial charge >= 0.3 is 0 Å². The van der Waals surface area contributed by atoms with E-state index in [4.69, 9.17) is 4.74 Å². The monoisotopic (exact) mass is 331 g/mol. The number of halogens is 1. The summed E-state index contributed by atoms with van der Waals surface area (Å²) < 4.78 is 6.19. The van der Waals surface area contributed by atoms with Gasteiger partial charge in [0, 0.05) is 34.8 Å². The molecular weight excluding hydrogens is 310 g/mol. The van der Waals surface area contributed by atoms with Gasteiger partial charge in [-0.05, 0) is 24.1 Å². The lowest BCUT2D eigenvalue weighted by Gasteiger charge is -2.11. The van der Waals surface area contributed by atoms with E-state index in [1.54, 1.807) is 7.11 Å². The van der Waals surface area contributed by atoms with Crippen LogP contribution in [0.5, 0.6) is 0 Å². The van der Waals surface area contributed by atoms with Gasteiger partial charge in [-0.1, -0.05) is 35.8 Å². The van der Waals surface area contributed by atoms with Gasteiger partial charge in [0.15, 0.2) is 0 Å². The van der Waals surface area contributed by atoms with Crippen LogP contribution in [0.2, 0.25) is 0 Å². The number of ether oxygens (including phenoxy) is 1. The van der Waals surface area contributed by atoms with Gasteiger partial charge in [-0.25, -0.2) is 0 Å². The van der Waals surface area contributed by atoms with Crippen LogP contribution < -0.4 is 5.32 Å². The van der Waals surface area contributed by atoms with Gasteiger partial charge < -0.3 is 10.1 Å². The minimum Gasteiger partial charge on any atom is -0.383 e. The third kappa shape index (κ3) is 5.74. The highest BCUT2D eigenvalue weighted by Gasteiger charge is 2.05. The molecule has 0 spiro atoms. The Morgan fingerprint density at radius 2 is 2.22 bits per heavy atom. The first-order valence-electron chi connectivity index (χ1n) is 6.32. The van der Waals surface area contributed by atoms with Gasteiger partial charge in [0.25, 0.3) is 0 Å². The van der Waals surface area contributed by atoms with Crippen LogP contribution in [0.15, 0.2) is 27.6 Å². The highest BCUT2D eigenvalue weighted by Crippen LogP contribution is 2.29. The van der Waals surface area contributed by atoms with Crippen LogP contribution in [0, 0.1) is 0 Å². The first-order valence-corrected chi connectivity index (χ1v) is 7.99. The van der Waals surface area contributed by atoms with E-state index in [2.05, 4.69) is 53.3 Å². The number of benzene rings is 1. The summed E-state index contributed by atoms with van der Waals surface area (Å²) in [7, 11) is 1.72. The molecule has 0 aliphatic rings. The van der Waals surface area contributed by atoms with Crippen molar-refractivity contribution in [2.45, 2.75) is 37.0 Å². The van der Waals surface area contributed by atoms with E-state index in [-0.39, 0.29) is 0 Å². The molecule has 1 aromatic carbocycles. The van der Waals surface area contributed by atoms with E-state index < -0.39 is 0 Å². The standard InChI is InChI=1S/C14H22BrNOS/c1-4-11(2)18-13-6-5-12(14(15)9-13)10-16-7-8-17-3/h5-6,9,11,16H,4,7-8,10H2,1-3H3. The summed E-state index contributed by atoms with van der Waals surface area (Å²) >= 11 is 5.57. The Bertz CT molecular complexity index is 360. The zero-order chi connectivity index (χ0) is 13.4. The summed E-state index contributed by atoms with van der Waals surface area (Å²) in [6.45, 7) is 6.99. The maximum Gasteiger partial charge on any atom is 0.0587 e. The number of hydrogen-bond acceptors (Lipinski definition) is 3. The topological polar surface area (TPSA) is 21.3 Å². The normalized spacial score (nSPS) is 12.7. The predicted molar refractivity (Wildman–Crippen MR) is 83.3 cm³/mol. The zero-order valence-corrected chi connectivity index (χ0v) is 13.7. The smallest absolute Gasteiger partial charge is 0.0587 e. The molecule has 0 aliphatic heterocycles. The van der Waals surface area contributed by atoms with Crippen LogP contribution in [0.25, 0.3) is 0 Å². The summed E-state index contributed by atoms with van der Waals surface area (Å²) in [5.74, 6) is 0. The Balaban J connectivity index is 2.51. The summed E-state index contributed by atoms with van der Waals surface area (Å²) in [6.07, 6.45) is 1.20. The van der Waals surface area contributed by atoms with Gasteiger partial charge in [-0.3, -0.25) is 0 Å². The number of rotatable bonds is 8. The van der Waals surface area contributed by atoms with Crippen LogP contribution in [-0.4, -0.2) is 25.5 Å². The van der Waals surface area contributed by atoms with Gasteiger partial charge in [0.05, 0.1) is 6.61 Å². The van der Waals surface area contributed by atoms with Gasteiger partial charge in [0.2, 0.25) is 0 Å². The average Bonchev–Trinajstić information content (AvgIpc) is 2.36. The molecule has 0 radical (unpaired) electrons. The Kier molecular flexibility index (Phi) is 7.98. The Morgan fingerprint density at radius 3 is 2.83 bits per heavy atom. The molecule has 0 aliphatic carbocycles. The molecular formula is C14H22BrNOS. The van der Waals surface area contributed by atoms with Gasteiger partial charge in [-0.15, -0.1) is 11.8 Å². The molecule has 2 nitrogen and oxygen atoms in total. The van der Waals surface area contributed by atoms with Crippen molar-refractivity contribution in [3.63, 3.8) is 0 Å². The van der Waals surface area contributed by atoms with Gasteiger partial charge in [0.1, 0.15) is 0 Å². The third-order valence-corrected chi connectivity index (χ3v) is 4.74. The third-order valence-electron chi connectivity index (χ3n) is 2.74. The molecule has 0 amide bonds. The Labute approximate surface area is 123 Å². The lowest BCUT2D eigenvalue weighted by molar-refractivity contribution is 0.199. The fourth-order valence-corrected chi connectivity index (χ4v) is 3.09. The van der Waals surface area contributed by atoms with Crippen molar-refractivity contribution >= 4 is 27.7 Å². The molecule has 0 fully saturated rings. The first-order chi connectivity index (χ1) is 8.67. The second kappa shape index (κ2) is 8.97. The van der Waals surface area contributed by atoms with E-state index in [1.807, 2.05) is 11.8 Å². The maximum atomic E-state index is 5.01. The van der Waals surface area contributed by atoms with Crippen molar-refractivity contribution in [1.82, 2.24) is 5.32 Å². The Morgan fingerprint density at radius 1 is 1.44 bits per heavy atom. The molecule has 1 atom stereocenters. The minimum atomic E-state index is 0.669. The van der Waals surface area contributed by atoms with Gasteiger partial charge in [-0.2, -0.15) is 0 Å². The van der Waals surface area contributed by atoms with Crippen LogP contribution in [-0.2, 0) is 11.3 Å². The van der Waals surface area contributed by atoms with Crippen LogP contribution in [0.1, 0.15) is 25.8 Å². The number of hydrogen-bond donors (Lipinski definition) is 1. The molecule has 1 unspecified atom stereocenters. The van der Waals surface area contributed by atoms with Crippen molar-refractivity contribution in [1.29, 1.82) is 0 Å². The van der Waals surface area contributed by atoms with Crippen LogP contribution in [0.3, 0.4) is 0 Å².